The number of benzene rings is 1. The third kappa shape index (κ3) is 1.40. The molecule has 1 rings (SSSR count). The van der Waals surface area contributed by atoms with Crippen LogP contribution in [-0.4, -0.2) is 11.4 Å². The van der Waals surface area contributed by atoms with Gasteiger partial charge in [-0.2, -0.15) is 0 Å². The molecule has 1 aromatic carbocycles. The zero-order chi connectivity index (χ0) is 8.43. The fourth-order valence-corrected chi connectivity index (χ4v) is 1.01. The lowest BCUT2D eigenvalue weighted by atomic mass is 10.2. The highest BCUT2D eigenvalue weighted by atomic mass is 79.9. The molecule has 0 atom stereocenters. The van der Waals surface area contributed by atoms with Crippen molar-refractivity contribution in [2.45, 2.75) is 0 Å². The molecular weight excluding hydrogens is 215 g/mol. The predicted octanol–water partition coefficient (Wildman–Crippen LogP) is 2.11. The second-order valence-corrected chi connectivity index (χ2v) is 2.71. The van der Waals surface area contributed by atoms with Gasteiger partial charge in [0.05, 0.1) is 10.0 Å². The molecule has 1 N–H and O–H groups in total. The van der Waals surface area contributed by atoms with Crippen molar-refractivity contribution in [1.29, 1.82) is 0 Å². The number of carbonyl (C=O) groups is 1. The summed E-state index contributed by atoms with van der Waals surface area (Å²) in [5.41, 5.74) is -0.0744. The van der Waals surface area contributed by atoms with Gasteiger partial charge in [0.1, 0.15) is 5.75 Å². The molecule has 2 nitrogen and oxygen atoms in total. The molecular formula is C7H4BrFO2. The van der Waals surface area contributed by atoms with Crippen LogP contribution >= 0.6 is 15.9 Å². The van der Waals surface area contributed by atoms with E-state index >= 15 is 0 Å². The van der Waals surface area contributed by atoms with Crippen molar-refractivity contribution in [1.82, 2.24) is 0 Å². The number of rotatable bonds is 1. The molecule has 0 heterocycles. The third-order valence-electron chi connectivity index (χ3n) is 1.22. The number of phenolic OH excluding ortho intramolecular Hbond substituents is 1. The van der Waals surface area contributed by atoms with Crippen LogP contribution in [0.25, 0.3) is 0 Å². The number of aromatic hydroxyl groups is 1. The van der Waals surface area contributed by atoms with E-state index in [0.717, 1.165) is 0 Å². The van der Waals surface area contributed by atoms with Gasteiger partial charge < -0.3 is 5.11 Å². The summed E-state index contributed by atoms with van der Waals surface area (Å²) in [6.07, 6.45) is 0.388. The quantitative estimate of drug-likeness (QED) is 0.734. The van der Waals surface area contributed by atoms with E-state index in [1.165, 1.54) is 12.1 Å². The van der Waals surface area contributed by atoms with Crippen LogP contribution in [0, 0.1) is 5.82 Å². The van der Waals surface area contributed by atoms with Crippen molar-refractivity contribution < 1.29 is 14.3 Å². The number of carbonyl (C=O) groups excluding carboxylic acids is 1. The van der Waals surface area contributed by atoms with Gasteiger partial charge in [-0.3, -0.25) is 4.79 Å². The van der Waals surface area contributed by atoms with E-state index in [-0.39, 0.29) is 15.8 Å². The van der Waals surface area contributed by atoms with Gasteiger partial charge in [-0.1, -0.05) is 0 Å². The molecule has 0 fully saturated rings. The fraction of sp³-hybridized carbons (Fsp3) is 0. The Labute approximate surface area is 70.8 Å². The molecule has 0 spiro atoms. The summed E-state index contributed by atoms with van der Waals surface area (Å²) in [4.78, 5) is 10.1. The van der Waals surface area contributed by atoms with Crippen LogP contribution < -0.4 is 0 Å². The SMILES string of the molecule is O=Cc1ccc(O)c(Br)c1F. The molecule has 0 aromatic heterocycles. The molecule has 0 bridgehead atoms. The second kappa shape index (κ2) is 3.00. The lowest BCUT2D eigenvalue weighted by Gasteiger charge is -1.99. The zero-order valence-corrected chi connectivity index (χ0v) is 6.93. The van der Waals surface area contributed by atoms with Crippen LogP contribution in [0.3, 0.4) is 0 Å². The normalized spacial score (nSPS) is 9.64. The van der Waals surface area contributed by atoms with Crippen LogP contribution in [0.2, 0.25) is 0 Å². The zero-order valence-electron chi connectivity index (χ0n) is 5.34. The van der Waals surface area contributed by atoms with Gasteiger partial charge in [-0.25, -0.2) is 4.39 Å². The minimum absolute atomic E-state index is 0.0744. The summed E-state index contributed by atoms with van der Waals surface area (Å²) in [5, 5.41) is 8.92. The van der Waals surface area contributed by atoms with E-state index < -0.39 is 5.82 Å². The van der Waals surface area contributed by atoms with Crippen molar-refractivity contribution in [3.8, 4) is 5.75 Å². The summed E-state index contributed by atoms with van der Waals surface area (Å²) in [7, 11) is 0. The maximum absolute atomic E-state index is 12.8. The monoisotopic (exact) mass is 218 g/mol. The Hall–Kier alpha value is -0.900. The van der Waals surface area contributed by atoms with Crippen LogP contribution in [0.15, 0.2) is 16.6 Å². The van der Waals surface area contributed by atoms with Crippen molar-refractivity contribution in [3.63, 3.8) is 0 Å². The van der Waals surface area contributed by atoms with E-state index in [1.807, 2.05) is 0 Å². The second-order valence-electron chi connectivity index (χ2n) is 1.92. The summed E-state index contributed by atoms with van der Waals surface area (Å²) in [6, 6.07) is 2.46. The van der Waals surface area contributed by atoms with E-state index in [0.29, 0.717) is 6.29 Å². The molecule has 58 valence electrons. The average molecular weight is 219 g/mol. The van der Waals surface area contributed by atoms with Gasteiger partial charge in [-0.05, 0) is 28.1 Å². The number of aldehydes is 1. The Morgan fingerprint density at radius 3 is 2.73 bits per heavy atom. The Morgan fingerprint density at radius 2 is 2.18 bits per heavy atom. The number of hydrogen-bond acceptors (Lipinski definition) is 2. The van der Waals surface area contributed by atoms with Crippen molar-refractivity contribution >= 4 is 22.2 Å². The van der Waals surface area contributed by atoms with Gasteiger partial charge >= 0.3 is 0 Å². The molecule has 1 aromatic rings. The molecule has 0 aliphatic heterocycles. The maximum Gasteiger partial charge on any atom is 0.153 e. The van der Waals surface area contributed by atoms with Crippen molar-refractivity contribution in [2.24, 2.45) is 0 Å². The molecule has 0 radical (unpaired) electrons. The van der Waals surface area contributed by atoms with E-state index in [9.17, 15) is 9.18 Å². The molecule has 0 aliphatic rings. The first-order valence-electron chi connectivity index (χ1n) is 2.79. The molecule has 11 heavy (non-hydrogen) atoms. The van der Waals surface area contributed by atoms with Crippen LogP contribution in [0.1, 0.15) is 10.4 Å². The van der Waals surface area contributed by atoms with Crippen LogP contribution in [0.4, 0.5) is 4.39 Å². The van der Waals surface area contributed by atoms with Crippen LogP contribution in [0.5, 0.6) is 5.75 Å². The number of hydrogen-bond donors (Lipinski definition) is 1. The van der Waals surface area contributed by atoms with Crippen molar-refractivity contribution in [2.75, 3.05) is 0 Å². The van der Waals surface area contributed by atoms with Gasteiger partial charge in [0, 0.05) is 0 Å². The summed E-state index contributed by atoms with van der Waals surface area (Å²) < 4.78 is 12.7. The number of phenols is 1. The Morgan fingerprint density at radius 1 is 1.55 bits per heavy atom. The molecule has 0 unspecified atom stereocenters. The highest BCUT2D eigenvalue weighted by Crippen LogP contribution is 2.27. The fourth-order valence-electron chi connectivity index (χ4n) is 0.645. The Balaban J connectivity index is 3.36. The molecule has 0 saturated heterocycles. The molecule has 4 heteroatoms. The highest BCUT2D eigenvalue weighted by molar-refractivity contribution is 9.10. The maximum atomic E-state index is 12.8. The molecule has 0 aliphatic carbocycles. The van der Waals surface area contributed by atoms with Crippen LogP contribution in [-0.2, 0) is 0 Å². The minimum Gasteiger partial charge on any atom is -0.507 e. The van der Waals surface area contributed by atoms with Gasteiger partial charge in [-0.15, -0.1) is 0 Å². The van der Waals surface area contributed by atoms with E-state index in [4.69, 9.17) is 5.11 Å². The molecule has 0 amide bonds. The minimum atomic E-state index is -0.736. The first-order valence-corrected chi connectivity index (χ1v) is 3.58. The summed E-state index contributed by atoms with van der Waals surface area (Å²) in [6.45, 7) is 0. The smallest absolute Gasteiger partial charge is 0.153 e. The molecule has 0 saturated carbocycles. The predicted molar refractivity (Wildman–Crippen MR) is 41.2 cm³/mol. The van der Waals surface area contributed by atoms with E-state index in [1.54, 1.807) is 0 Å². The van der Waals surface area contributed by atoms with Gasteiger partial charge in [0.2, 0.25) is 0 Å². The average Bonchev–Trinajstić information content (AvgIpc) is 2.01. The first kappa shape index (κ1) is 8.20. The Kier molecular flexibility index (Phi) is 2.24. The lowest BCUT2D eigenvalue weighted by molar-refractivity contribution is 0.111. The highest BCUT2D eigenvalue weighted by Gasteiger charge is 2.08. The lowest BCUT2D eigenvalue weighted by Crippen LogP contribution is -1.88. The summed E-state index contributed by atoms with van der Waals surface area (Å²) in [5.74, 6) is -0.951. The van der Waals surface area contributed by atoms with Gasteiger partial charge in [0.25, 0.3) is 0 Å². The topological polar surface area (TPSA) is 37.3 Å². The largest absolute Gasteiger partial charge is 0.507 e. The van der Waals surface area contributed by atoms with Gasteiger partial charge in [0.15, 0.2) is 12.1 Å². The van der Waals surface area contributed by atoms with E-state index in [2.05, 4.69) is 15.9 Å². The number of halogens is 2. The third-order valence-corrected chi connectivity index (χ3v) is 1.97. The Bertz CT molecular complexity index is 299. The first-order chi connectivity index (χ1) is 5.16. The summed E-state index contributed by atoms with van der Waals surface area (Å²) >= 11 is 2.79. The standard InChI is InChI=1S/C7H4BrFO2/c8-6-5(11)2-1-4(3-10)7(6)9/h1-3,11H. The van der Waals surface area contributed by atoms with Crippen molar-refractivity contribution in [3.05, 3.63) is 28.0 Å².